The number of carbonyl (C=O) groups excluding carboxylic acids is 1. The molecule has 0 spiro atoms. The first-order valence-electron chi connectivity index (χ1n) is 5.50. The summed E-state index contributed by atoms with van der Waals surface area (Å²) in [5.41, 5.74) is 6.90. The van der Waals surface area contributed by atoms with Crippen LogP contribution < -0.4 is 5.73 Å². The Labute approximate surface area is 109 Å². The number of pyridine rings is 1. The number of nitrogen functional groups attached to an aromatic ring is 1. The molecule has 0 saturated carbocycles. The van der Waals surface area contributed by atoms with Crippen LogP contribution in [0.25, 0.3) is 0 Å². The topological polar surface area (TPSA) is 59.2 Å². The van der Waals surface area contributed by atoms with E-state index in [1.807, 2.05) is 14.0 Å². The molecule has 1 heterocycles. The third kappa shape index (κ3) is 4.61. The Bertz CT molecular complexity index is 353. The van der Waals surface area contributed by atoms with Crippen LogP contribution in [0.15, 0.2) is 18.3 Å². The number of likely N-dealkylation sites (N-methyl/N-ethyl adjacent to an activating group) is 1. The quantitative estimate of drug-likeness (QED) is 0.896. The summed E-state index contributed by atoms with van der Waals surface area (Å²) in [6.07, 6.45) is 2.87. The fourth-order valence-electron chi connectivity index (χ4n) is 1.34. The average molecular weight is 258 g/mol. The molecule has 0 bridgehead atoms. The zero-order valence-corrected chi connectivity index (χ0v) is 11.3. The molecule has 0 aliphatic heterocycles. The van der Waals surface area contributed by atoms with Gasteiger partial charge in [0.1, 0.15) is 0 Å². The normalized spacial score (nSPS) is 11.5. The second kappa shape index (κ2) is 7.12. The van der Waals surface area contributed by atoms with Crippen molar-refractivity contribution in [2.45, 2.75) is 32.7 Å². The van der Waals surface area contributed by atoms with E-state index in [2.05, 4.69) is 11.9 Å². The highest BCUT2D eigenvalue weighted by atomic mass is 35.5. The maximum Gasteiger partial charge on any atom is 0.228 e. The highest BCUT2D eigenvalue weighted by Crippen LogP contribution is 2.06. The Morgan fingerprint density at radius 2 is 2.18 bits per heavy atom. The van der Waals surface area contributed by atoms with E-state index < -0.39 is 0 Å². The van der Waals surface area contributed by atoms with Crippen LogP contribution in [0.3, 0.4) is 0 Å². The molecule has 0 radical (unpaired) electrons. The maximum absolute atomic E-state index is 11.9. The van der Waals surface area contributed by atoms with Crippen LogP contribution in [-0.2, 0) is 11.2 Å². The van der Waals surface area contributed by atoms with Gasteiger partial charge in [-0.25, -0.2) is 0 Å². The van der Waals surface area contributed by atoms with Crippen LogP contribution in [-0.4, -0.2) is 28.9 Å². The zero-order chi connectivity index (χ0) is 12.1. The van der Waals surface area contributed by atoms with Crippen LogP contribution in [0, 0.1) is 0 Å². The predicted octanol–water partition coefficient (Wildman–Crippen LogP) is 1.89. The first kappa shape index (κ1) is 15.7. The SMILES string of the molecule is CCC(C)N(C)C(=O)Cc1ccc(N)cn1.Cl. The molecule has 1 amide bonds. The van der Waals surface area contributed by atoms with E-state index >= 15 is 0 Å². The van der Waals surface area contributed by atoms with Gasteiger partial charge in [0.25, 0.3) is 0 Å². The number of hydrogen-bond donors (Lipinski definition) is 1. The summed E-state index contributed by atoms with van der Waals surface area (Å²) >= 11 is 0. The number of nitrogens with zero attached hydrogens (tertiary/aromatic N) is 2. The van der Waals surface area contributed by atoms with Crippen molar-refractivity contribution < 1.29 is 4.79 Å². The van der Waals surface area contributed by atoms with E-state index in [1.165, 1.54) is 0 Å². The Morgan fingerprint density at radius 1 is 1.53 bits per heavy atom. The van der Waals surface area contributed by atoms with Gasteiger partial charge >= 0.3 is 0 Å². The van der Waals surface area contributed by atoms with Crippen molar-refractivity contribution in [1.82, 2.24) is 9.88 Å². The lowest BCUT2D eigenvalue weighted by molar-refractivity contribution is -0.131. The Morgan fingerprint density at radius 3 is 2.65 bits per heavy atom. The molecular formula is C12H20ClN3O. The van der Waals surface area contributed by atoms with Gasteiger partial charge in [0, 0.05) is 18.8 Å². The number of amides is 1. The molecule has 0 aliphatic rings. The molecule has 0 saturated heterocycles. The molecule has 17 heavy (non-hydrogen) atoms. The number of hydrogen-bond acceptors (Lipinski definition) is 3. The van der Waals surface area contributed by atoms with Gasteiger partial charge in [-0.15, -0.1) is 12.4 Å². The van der Waals surface area contributed by atoms with Gasteiger partial charge in [0.05, 0.1) is 18.3 Å². The highest BCUT2D eigenvalue weighted by molar-refractivity contribution is 5.85. The minimum atomic E-state index is 0. The Hall–Kier alpha value is -1.29. The summed E-state index contributed by atoms with van der Waals surface area (Å²) in [4.78, 5) is 17.7. The average Bonchev–Trinajstić information content (AvgIpc) is 2.30. The fourth-order valence-corrected chi connectivity index (χ4v) is 1.34. The number of anilines is 1. The van der Waals surface area contributed by atoms with Crippen LogP contribution in [0.5, 0.6) is 0 Å². The first-order chi connectivity index (χ1) is 7.54. The van der Waals surface area contributed by atoms with Gasteiger partial charge in [-0.3, -0.25) is 9.78 Å². The lowest BCUT2D eigenvalue weighted by Crippen LogP contribution is -2.35. The second-order valence-corrected chi connectivity index (χ2v) is 4.02. The summed E-state index contributed by atoms with van der Waals surface area (Å²) in [6, 6.07) is 3.82. The van der Waals surface area contributed by atoms with E-state index in [-0.39, 0.29) is 24.4 Å². The van der Waals surface area contributed by atoms with Crippen molar-refractivity contribution in [3.05, 3.63) is 24.0 Å². The van der Waals surface area contributed by atoms with Gasteiger partial charge in [0.15, 0.2) is 0 Å². The number of rotatable bonds is 4. The van der Waals surface area contributed by atoms with Crippen molar-refractivity contribution in [1.29, 1.82) is 0 Å². The lowest BCUT2D eigenvalue weighted by atomic mass is 10.2. The van der Waals surface area contributed by atoms with E-state index in [4.69, 9.17) is 5.73 Å². The molecule has 0 fully saturated rings. The van der Waals surface area contributed by atoms with Crippen molar-refractivity contribution in [2.24, 2.45) is 0 Å². The first-order valence-corrected chi connectivity index (χ1v) is 5.50. The molecule has 1 atom stereocenters. The molecule has 1 aromatic heterocycles. The third-order valence-corrected chi connectivity index (χ3v) is 2.83. The lowest BCUT2D eigenvalue weighted by Gasteiger charge is -2.23. The van der Waals surface area contributed by atoms with Crippen molar-refractivity contribution >= 4 is 24.0 Å². The van der Waals surface area contributed by atoms with Gasteiger partial charge in [-0.2, -0.15) is 0 Å². The van der Waals surface area contributed by atoms with Crippen LogP contribution >= 0.6 is 12.4 Å². The van der Waals surface area contributed by atoms with Crippen LogP contribution in [0.2, 0.25) is 0 Å². The van der Waals surface area contributed by atoms with Crippen molar-refractivity contribution in [2.75, 3.05) is 12.8 Å². The number of carbonyl (C=O) groups is 1. The van der Waals surface area contributed by atoms with Gasteiger partial charge in [-0.05, 0) is 25.5 Å². The van der Waals surface area contributed by atoms with Crippen molar-refractivity contribution in [3.8, 4) is 0 Å². The van der Waals surface area contributed by atoms with Gasteiger partial charge < -0.3 is 10.6 Å². The molecule has 96 valence electrons. The van der Waals surface area contributed by atoms with Gasteiger partial charge in [-0.1, -0.05) is 6.92 Å². The minimum absolute atomic E-state index is 0. The zero-order valence-electron chi connectivity index (χ0n) is 10.5. The summed E-state index contributed by atoms with van der Waals surface area (Å²) in [6.45, 7) is 4.10. The standard InChI is InChI=1S/C12H19N3O.ClH/c1-4-9(2)15(3)12(16)7-11-6-5-10(13)8-14-11;/h5-6,8-9H,4,7,13H2,1-3H3;1H. The molecule has 1 aromatic rings. The number of aromatic nitrogens is 1. The van der Waals surface area contributed by atoms with E-state index in [0.717, 1.165) is 12.1 Å². The molecule has 1 unspecified atom stereocenters. The largest absolute Gasteiger partial charge is 0.397 e. The molecule has 1 rings (SSSR count). The number of nitrogens with two attached hydrogens (primary N) is 1. The number of halogens is 1. The molecular weight excluding hydrogens is 238 g/mol. The molecule has 2 N–H and O–H groups in total. The highest BCUT2D eigenvalue weighted by Gasteiger charge is 2.14. The summed E-state index contributed by atoms with van der Waals surface area (Å²) < 4.78 is 0. The maximum atomic E-state index is 11.9. The van der Waals surface area contributed by atoms with E-state index in [1.54, 1.807) is 23.2 Å². The molecule has 4 nitrogen and oxygen atoms in total. The smallest absolute Gasteiger partial charge is 0.228 e. The van der Waals surface area contributed by atoms with Crippen LogP contribution in [0.4, 0.5) is 5.69 Å². The summed E-state index contributed by atoms with van der Waals surface area (Å²) in [5.74, 6) is 0.0895. The van der Waals surface area contributed by atoms with Gasteiger partial charge in [0.2, 0.25) is 5.91 Å². The van der Waals surface area contributed by atoms with Crippen LogP contribution in [0.1, 0.15) is 26.0 Å². The monoisotopic (exact) mass is 257 g/mol. The predicted molar refractivity (Wildman–Crippen MR) is 72.1 cm³/mol. The minimum Gasteiger partial charge on any atom is -0.397 e. The third-order valence-electron chi connectivity index (χ3n) is 2.83. The molecule has 5 heteroatoms. The Kier molecular flexibility index (Phi) is 6.58. The molecule has 0 aromatic carbocycles. The van der Waals surface area contributed by atoms with E-state index in [9.17, 15) is 4.79 Å². The Balaban J connectivity index is 0.00000256. The molecule has 0 aliphatic carbocycles. The summed E-state index contributed by atoms with van der Waals surface area (Å²) in [7, 11) is 1.83. The van der Waals surface area contributed by atoms with E-state index in [0.29, 0.717) is 12.1 Å². The van der Waals surface area contributed by atoms with Crippen molar-refractivity contribution in [3.63, 3.8) is 0 Å². The second-order valence-electron chi connectivity index (χ2n) is 4.02. The summed E-state index contributed by atoms with van der Waals surface area (Å²) in [5, 5.41) is 0. The fraction of sp³-hybridized carbons (Fsp3) is 0.500.